The van der Waals surface area contributed by atoms with Gasteiger partial charge in [0.05, 0.1) is 23.9 Å². The third kappa shape index (κ3) is 3.51. The molecule has 36 heavy (non-hydrogen) atoms. The maximum Gasteiger partial charge on any atom is 0.275 e. The average molecular weight is 482 g/mol. The zero-order chi connectivity index (χ0) is 25.6. The van der Waals surface area contributed by atoms with Crippen LogP contribution >= 0.6 is 0 Å². The number of aromatic hydroxyl groups is 1. The van der Waals surface area contributed by atoms with Gasteiger partial charge in [-0.1, -0.05) is 48.5 Å². The van der Waals surface area contributed by atoms with E-state index in [1.807, 2.05) is 6.07 Å². The molecule has 4 aromatic rings. The molecule has 0 amide bonds. The van der Waals surface area contributed by atoms with Gasteiger partial charge in [0.15, 0.2) is 11.5 Å². The molecule has 5 rings (SSSR count). The van der Waals surface area contributed by atoms with Crippen molar-refractivity contribution in [1.29, 1.82) is 0 Å². The van der Waals surface area contributed by atoms with E-state index in [0.717, 1.165) is 0 Å². The van der Waals surface area contributed by atoms with Gasteiger partial charge in [-0.3, -0.25) is 19.5 Å². The molecule has 0 radical (unpaired) electrons. The van der Waals surface area contributed by atoms with E-state index in [9.17, 15) is 24.6 Å². The Hall–Kier alpha value is -4.85. The molecule has 0 fully saturated rings. The van der Waals surface area contributed by atoms with E-state index in [2.05, 4.69) is 5.10 Å². The van der Waals surface area contributed by atoms with Crippen LogP contribution in [0.5, 0.6) is 11.5 Å². The summed E-state index contributed by atoms with van der Waals surface area (Å²) in [6, 6.07) is 19.6. The number of hydrogen-bond acceptors (Lipinski definition) is 6. The second-order valence-electron chi connectivity index (χ2n) is 8.46. The van der Waals surface area contributed by atoms with Gasteiger partial charge in [0.1, 0.15) is 5.76 Å². The number of Topliss-reactive ketones (excluding diaryl/α,β-unsaturated/α-hetero) is 2. The fourth-order valence-electron chi connectivity index (χ4n) is 4.66. The molecule has 180 valence electrons. The van der Waals surface area contributed by atoms with Gasteiger partial charge < -0.3 is 14.9 Å². The Morgan fingerprint density at radius 1 is 0.861 bits per heavy atom. The first-order valence-electron chi connectivity index (χ1n) is 11.2. The lowest BCUT2D eigenvalue weighted by Crippen LogP contribution is -2.30. The summed E-state index contributed by atoms with van der Waals surface area (Å²) >= 11 is 0. The monoisotopic (exact) mass is 482 g/mol. The van der Waals surface area contributed by atoms with Crippen LogP contribution in [-0.2, 0) is 4.79 Å². The Labute approximate surface area is 205 Å². The molecule has 1 heterocycles. The SMILES string of the molecule is COc1cc(C(C2=C(O)c3ccccc3C(=O)C2=O)c2c(C)[nH]n(-c3ccccc3)c2=O)ccc1O. The third-order valence-corrected chi connectivity index (χ3v) is 6.38. The molecule has 1 unspecified atom stereocenters. The number of carbonyl (C=O) groups excluding carboxylic acids is 2. The number of nitrogens with zero attached hydrogens (tertiary/aromatic N) is 1. The Morgan fingerprint density at radius 3 is 2.22 bits per heavy atom. The van der Waals surface area contributed by atoms with Crippen molar-refractivity contribution in [3.63, 3.8) is 0 Å². The van der Waals surface area contributed by atoms with Gasteiger partial charge in [0.2, 0.25) is 11.6 Å². The number of hydrogen-bond donors (Lipinski definition) is 3. The van der Waals surface area contributed by atoms with Crippen molar-refractivity contribution in [2.24, 2.45) is 0 Å². The average Bonchev–Trinajstić information content (AvgIpc) is 3.19. The number of methoxy groups -OCH3 is 1. The number of para-hydroxylation sites is 1. The predicted octanol–water partition coefficient (Wildman–Crippen LogP) is 4.05. The maximum absolute atomic E-state index is 13.8. The number of allylic oxidation sites excluding steroid dienone is 1. The van der Waals surface area contributed by atoms with Crippen molar-refractivity contribution < 1.29 is 24.5 Å². The molecule has 0 aliphatic heterocycles. The summed E-state index contributed by atoms with van der Waals surface area (Å²) in [5, 5.41) is 24.5. The van der Waals surface area contributed by atoms with Crippen LogP contribution in [0.2, 0.25) is 0 Å². The normalized spacial score (nSPS) is 14.1. The topological polar surface area (TPSA) is 122 Å². The van der Waals surface area contributed by atoms with Crippen LogP contribution in [0.4, 0.5) is 0 Å². The van der Waals surface area contributed by atoms with Crippen LogP contribution in [0.15, 0.2) is 83.2 Å². The van der Waals surface area contributed by atoms with Gasteiger partial charge >= 0.3 is 0 Å². The molecule has 1 atom stereocenters. The van der Waals surface area contributed by atoms with Crippen LogP contribution in [0, 0.1) is 6.92 Å². The van der Waals surface area contributed by atoms with Crippen molar-refractivity contribution in [2.75, 3.05) is 7.11 Å². The van der Waals surface area contributed by atoms with E-state index in [0.29, 0.717) is 16.9 Å². The highest BCUT2D eigenvalue weighted by molar-refractivity contribution is 6.52. The Bertz CT molecular complexity index is 1610. The van der Waals surface area contributed by atoms with E-state index in [4.69, 9.17) is 4.74 Å². The van der Waals surface area contributed by atoms with Crippen molar-refractivity contribution >= 4 is 17.3 Å². The first-order valence-corrected chi connectivity index (χ1v) is 11.2. The number of rotatable bonds is 5. The number of benzene rings is 3. The van der Waals surface area contributed by atoms with Gasteiger partial charge in [-0.25, -0.2) is 4.68 Å². The molecule has 1 aromatic heterocycles. The summed E-state index contributed by atoms with van der Waals surface area (Å²) in [5.41, 5.74) is 1.22. The Morgan fingerprint density at radius 2 is 1.53 bits per heavy atom. The number of phenolic OH excluding ortho intramolecular Hbond substituents is 1. The van der Waals surface area contributed by atoms with E-state index in [-0.39, 0.29) is 39.5 Å². The highest BCUT2D eigenvalue weighted by atomic mass is 16.5. The largest absolute Gasteiger partial charge is 0.507 e. The number of carbonyl (C=O) groups is 2. The molecule has 0 saturated carbocycles. The first-order chi connectivity index (χ1) is 17.3. The highest BCUT2D eigenvalue weighted by Gasteiger charge is 2.40. The van der Waals surface area contributed by atoms with Crippen molar-refractivity contribution in [3.05, 3.63) is 117 Å². The second-order valence-corrected chi connectivity index (χ2v) is 8.46. The quantitative estimate of drug-likeness (QED) is 0.369. The van der Waals surface area contributed by atoms with E-state index >= 15 is 0 Å². The molecule has 0 saturated heterocycles. The second kappa shape index (κ2) is 8.74. The highest BCUT2D eigenvalue weighted by Crippen LogP contribution is 2.42. The van der Waals surface area contributed by atoms with Crippen molar-refractivity contribution in [1.82, 2.24) is 9.78 Å². The molecule has 3 N–H and O–H groups in total. The number of aliphatic hydroxyl groups excluding tert-OH is 1. The number of aromatic nitrogens is 2. The fourth-order valence-corrected chi connectivity index (χ4v) is 4.66. The fraction of sp³-hybridized carbons (Fsp3) is 0.107. The molecular formula is C28H22N2O6. The molecule has 8 nitrogen and oxygen atoms in total. The van der Waals surface area contributed by atoms with Crippen LogP contribution in [0.1, 0.15) is 38.7 Å². The lowest BCUT2D eigenvalue weighted by atomic mass is 9.76. The lowest BCUT2D eigenvalue weighted by Gasteiger charge is -2.25. The zero-order valence-corrected chi connectivity index (χ0v) is 19.5. The minimum Gasteiger partial charge on any atom is -0.507 e. The number of phenols is 1. The number of fused-ring (bicyclic) bond motifs is 1. The Kier molecular flexibility index (Phi) is 5.56. The van der Waals surface area contributed by atoms with Crippen molar-refractivity contribution in [2.45, 2.75) is 12.8 Å². The number of aryl methyl sites for hydroxylation is 1. The third-order valence-electron chi connectivity index (χ3n) is 6.38. The van der Waals surface area contributed by atoms with Gasteiger partial charge in [0.25, 0.3) is 5.56 Å². The zero-order valence-electron chi connectivity index (χ0n) is 19.5. The number of H-pyrrole nitrogens is 1. The summed E-state index contributed by atoms with van der Waals surface area (Å²) in [6.45, 7) is 1.68. The van der Waals surface area contributed by atoms with Gasteiger partial charge in [-0.05, 0) is 36.8 Å². The summed E-state index contributed by atoms with van der Waals surface area (Å²) in [6.07, 6.45) is 0. The van der Waals surface area contributed by atoms with E-state index in [1.165, 1.54) is 36.1 Å². The van der Waals surface area contributed by atoms with Crippen LogP contribution in [0.25, 0.3) is 11.4 Å². The minimum atomic E-state index is -1.13. The van der Waals surface area contributed by atoms with Gasteiger partial charge in [-0.2, -0.15) is 0 Å². The summed E-state index contributed by atoms with van der Waals surface area (Å²) in [5.74, 6) is -3.21. The molecule has 1 aliphatic carbocycles. The summed E-state index contributed by atoms with van der Waals surface area (Å²) in [4.78, 5) is 40.3. The smallest absolute Gasteiger partial charge is 0.275 e. The van der Waals surface area contributed by atoms with Crippen LogP contribution in [0.3, 0.4) is 0 Å². The summed E-state index contributed by atoms with van der Waals surface area (Å²) in [7, 11) is 1.38. The molecule has 3 aromatic carbocycles. The first kappa shape index (κ1) is 22.9. The van der Waals surface area contributed by atoms with Gasteiger partial charge in [-0.15, -0.1) is 0 Å². The molecular weight excluding hydrogens is 460 g/mol. The maximum atomic E-state index is 13.8. The molecule has 0 bridgehead atoms. The minimum absolute atomic E-state index is 0.0956. The van der Waals surface area contributed by atoms with Gasteiger partial charge in [0, 0.05) is 22.7 Å². The molecule has 0 spiro atoms. The summed E-state index contributed by atoms with van der Waals surface area (Å²) < 4.78 is 6.60. The number of aromatic amines is 1. The van der Waals surface area contributed by atoms with E-state index in [1.54, 1.807) is 49.4 Å². The standard InChI is InChI=1S/C28H22N2O6/c1-15-22(28(35)30(29-15)17-8-4-3-5-9-17)23(16-12-13-20(31)21(14-16)36-2)24-25(32)18-10-6-7-11-19(18)26(33)27(24)34/h3-14,23,29,31-32H,1-2H3. The Balaban J connectivity index is 1.83. The number of ether oxygens (including phenoxy) is 1. The lowest BCUT2D eigenvalue weighted by molar-refractivity contribution is -0.112. The molecule has 8 heteroatoms. The van der Waals surface area contributed by atoms with Crippen LogP contribution < -0.4 is 10.3 Å². The molecule has 1 aliphatic rings. The number of ketones is 2. The number of aliphatic hydroxyl groups is 1. The van der Waals surface area contributed by atoms with Crippen molar-refractivity contribution in [3.8, 4) is 17.2 Å². The van der Waals surface area contributed by atoms with E-state index < -0.39 is 23.0 Å². The number of nitrogens with one attached hydrogen (secondary N) is 1. The van der Waals surface area contributed by atoms with Crippen LogP contribution in [-0.4, -0.2) is 38.7 Å². The predicted molar refractivity (Wildman–Crippen MR) is 133 cm³/mol.